The summed E-state index contributed by atoms with van der Waals surface area (Å²) in [5.74, 6) is -0.596. The normalized spacial score (nSPS) is 21.1. The molecule has 1 heterocycles. The highest BCUT2D eigenvalue weighted by Gasteiger charge is 2.19. The van der Waals surface area contributed by atoms with Crippen LogP contribution in [-0.2, 0) is 14.3 Å². The third-order valence-electron chi connectivity index (χ3n) is 2.94. The molecule has 0 aromatic heterocycles. The summed E-state index contributed by atoms with van der Waals surface area (Å²) in [7, 11) is 0. The maximum atomic E-state index is 11.5. The Kier molecular flexibility index (Phi) is 5.97. The third-order valence-corrected chi connectivity index (χ3v) is 2.94. The number of carbonyl (C=O) groups excluding carboxylic acids is 1. The summed E-state index contributed by atoms with van der Waals surface area (Å²) in [6, 6.07) is 0. The maximum Gasteiger partial charge on any atom is 0.303 e. The van der Waals surface area contributed by atoms with Gasteiger partial charge >= 0.3 is 5.97 Å². The Hall–Kier alpha value is -1.10. The number of ether oxygens (including phenoxy) is 1. The topological polar surface area (TPSA) is 75.6 Å². The van der Waals surface area contributed by atoms with Crippen molar-refractivity contribution in [3.63, 3.8) is 0 Å². The van der Waals surface area contributed by atoms with Crippen LogP contribution < -0.4 is 5.32 Å². The van der Waals surface area contributed by atoms with Crippen molar-refractivity contribution >= 4 is 11.9 Å². The van der Waals surface area contributed by atoms with Crippen molar-refractivity contribution in [1.82, 2.24) is 5.32 Å². The molecule has 98 valence electrons. The number of hydrogen-bond acceptors (Lipinski definition) is 3. The zero-order chi connectivity index (χ0) is 12.7. The highest BCUT2D eigenvalue weighted by Crippen LogP contribution is 2.15. The molecule has 17 heavy (non-hydrogen) atoms. The first-order valence-corrected chi connectivity index (χ1v) is 6.18. The van der Waals surface area contributed by atoms with E-state index in [0.717, 1.165) is 19.4 Å². The molecule has 1 aliphatic rings. The van der Waals surface area contributed by atoms with Crippen LogP contribution in [0.1, 0.15) is 39.0 Å². The van der Waals surface area contributed by atoms with Gasteiger partial charge in [0.2, 0.25) is 5.91 Å². The lowest BCUT2D eigenvalue weighted by molar-refractivity contribution is -0.137. The second-order valence-corrected chi connectivity index (χ2v) is 4.68. The fraction of sp³-hybridized carbons (Fsp3) is 0.833. The van der Waals surface area contributed by atoms with Crippen LogP contribution in [0.25, 0.3) is 0 Å². The van der Waals surface area contributed by atoms with Gasteiger partial charge in [0.1, 0.15) is 0 Å². The molecule has 0 spiro atoms. The van der Waals surface area contributed by atoms with E-state index in [-0.39, 0.29) is 24.3 Å². The van der Waals surface area contributed by atoms with Gasteiger partial charge in [0.15, 0.2) is 0 Å². The highest BCUT2D eigenvalue weighted by molar-refractivity contribution is 5.76. The summed E-state index contributed by atoms with van der Waals surface area (Å²) in [6.45, 7) is 3.24. The van der Waals surface area contributed by atoms with Gasteiger partial charge in [-0.1, -0.05) is 6.92 Å². The van der Waals surface area contributed by atoms with E-state index in [4.69, 9.17) is 9.84 Å². The van der Waals surface area contributed by atoms with Crippen LogP contribution in [0.2, 0.25) is 0 Å². The Labute approximate surface area is 102 Å². The van der Waals surface area contributed by atoms with Crippen molar-refractivity contribution in [3.8, 4) is 0 Å². The molecule has 0 radical (unpaired) electrons. The third kappa shape index (κ3) is 6.26. The molecule has 1 aliphatic heterocycles. The van der Waals surface area contributed by atoms with Crippen molar-refractivity contribution in [2.75, 3.05) is 13.2 Å². The zero-order valence-electron chi connectivity index (χ0n) is 10.3. The lowest BCUT2D eigenvalue weighted by Gasteiger charge is -2.13. The molecule has 0 bridgehead atoms. The molecule has 1 amide bonds. The minimum atomic E-state index is -0.789. The minimum absolute atomic E-state index is 0.000856. The molecule has 0 aromatic rings. The fourth-order valence-corrected chi connectivity index (χ4v) is 1.84. The predicted molar refractivity (Wildman–Crippen MR) is 62.6 cm³/mol. The smallest absolute Gasteiger partial charge is 0.303 e. The standard InChI is InChI=1S/C12H21NO4/c1-9(4-5-12(15)16)8-13-11(14)7-10-3-2-6-17-10/h9-10H,2-8H2,1H3,(H,13,14)(H,15,16). The van der Waals surface area contributed by atoms with Gasteiger partial charge in [0.25, 0.3) is 0 Å². The maximum absolute atomic E-state index is 11.5. The molecule has 5 nitrogen and oxygen atoms in total. The monoisotopic (exact) mass is 243 g/mol. The molecule has 0 saturated carbocycles. The van der Waals surface area contributed by atoms with Crippen LogP contribution in [0.3, 0.4) is 0 Å². The molecule has 1 saturated heterocycles. The van der Waals surface area contributed by atoms with E-state index < -0.39 is 5.97 Å². The van der Waals surface area contributed by atoms with Gasteiger partial charge in [-0.3, -0.25) is 9.59 Å². The van der Waals surface area contributed by atoms with Gasteiger partial charge in [0.05, 0.1) is 12.5 Å². The largest absolute Gasteiger partial charge is 0.481 e. The van der Waals surface area contributed by atoms with Crippen LogP contribution in [0.15, 0.2) is 0 Å². The van der Waals surface area contributed by atoms with E-state index in [1.807, 2.05) is 6.92 Å². The number of carboxylic acids is 1. The van der Waals surface area contributed by atoms with Crippen LogP contribution in [0.4, 0.5) is 0 Å². The first-order valence-electron chi connectivity index (χ1n) is 6.18. The molecule has 0 aliphatic carbocycles. The Morgan fingerprint density at radius 1 is 1.53 bits per heavy atom. The number of carbonyl (C=O) groups is 2. The molecule has 2 atom stereocenters. The van der Waals surface area contributed by atoms with Gasteiger partial charge in [-0.15, -0.1) is 0 Å². The molecular formula is C12H21NO4. The number of hydrogen-bond donors (Lipinski definition) is 2. The molecule has 0 aromatic carbocycles. The first-order chi connectivity index (χ1) is 8.08. The van der Waals surface area contributed by atoms with Crippen molar-refractivity contribution in [3.05, 3.63) is 0 Å². The van der Waals surface area contributed by atoms with Crippen molar-refractivity contribution < 1.29 is 19.4 Å². The van der Waals surface area contributed by atoms with Crippen molar-refractivity contribution in [2.24, 2.45) is 5.92 Å². The fourth-order valence-electron chi connectivity index (χ4n) is 1.84. The first kappa shape index (κ1) is 14.0. The molecule has 2 unspecified atom stereocenters. The molecule has 2 N–H and O–H groups in total. The second kappa shape index (κ2) is 7.27. The van der Waals surface area contributed by atoms with Gasteiger partial charge in [-0.25, -0.2) is 0 Å². The van der Waals surface area contributed by atoms with Gasteiger partial charge in [0, 0.05) is 19.6 Å². The minimum Gasteiger partial charge on any atom is -0.481 e. The van der Waals surface area contributed by atoms with E-state index in [2.05, 4.69) is 5.32 Å². The van der Waals surface area contributed by atoms with E-state index in [9.17, 15) is 9.59 Å². The number of nitrogens with one attached hydrogen (secondary N) is 1. The number of rotatable bonds is 7. The Bertz CT molecular complexity index is 261. The zero-order valence-corrected chi connectivity index (χ0v) is 10.3. The summed E-state index contributed by atoms with van der Waals surface area (Å²) in [4.78, 5) is 21.9. The summed E-state index contributed by atoms with van der Waals surface area (Å²) < 4.78 is 5.37. The summed E-state index contributed by atoms with van der Waals surface area (Å²) in [6.07, 6.45) is 3.24. The van der Waals surface area contributed by atoms with E-state index in [1.54, 1.807) is 0 Å². The van der Waals surface area contributed by atoms with Crippen LogP contribution in [-0.4, -0.2) is 36.2 Å². The number of carboxylic acid groups (broad SMARTS) is 1. The lowest BCUT2D eigenvalue weighted by Crippen LogP contribution is -2.31. The summed E-state index contributed by atoms with van der Waals surface area (Å²) >= 11 is 0. The number of amides is 1. The highest BCUT2D eigenvalue weighted by atomic mass is 16.5. The average Bonchev–Trinajstić information content (AvgIpc) is 2.76. The quantitative estimate of drug-likeness (QED) is 0.704. The molecule has 5 heteroatoms. The van der Waals surface area contributed by atoms with Crippen LogP contribution in [0, 0.1) is 5.92 Å². The number of aliphatic carboxylic acids is 1. The molecule has 1 fully saturated rings. The van der Waals surface area contributed by atoms with Crippen LogP contribution in [0.5, 0.6) is 0 Å². The molecular weight excluding hydrogens is 222 g/mol. The van der Waals surface area contributed by atoms with Gasteiger partial charge < -0.3 is 15.2 Å². The Morgan fingerprint density at radius 3 is 2.88 bits per heavy atom. The lowest BCUT2D eigenvalue weighted by atomic mass is 10.1. The Morgan fingerprint density at radius 2 is 2.29 bits per heavy atom. The predicted octanol–water partition coefficient (Wildman–Crippen LogP) is 1.17. The van der Waals surface area contributed by atoms with Crippen LogP contribution >= 0.6 is 0 Å². The van der Waals surface area contributed by atoms with Crippen molar-refractivity contribution in [1.29, 1.82) is 0 Å². The summed E-state index contributed by atoms with van der Waals surface area (Å²) in [5.41, 5.74) is 0. The average molecular weight is 243 g/mol. The second-order valence-electron chi connectivity index (χ2n) is 4.68. The molecule has 1 rings (SSSR count). The van der Waals surface area contributed by atoms with E-state index >= 15 is 0 Å². The SMILES string of the molecule is CC(CCC(=O)O)CNC(=O)CC1CCCO1. The van der Waals surface area contributed by atoms with Crippen molar-refractivity contribution in [2.45, 2.75) is 45.1 Å². The van der Waals surface area contributed by atoms with Gasteiger partial charge in [-0.2, -0.15) is 0 Å². The van der Waals surface area contributed by atoms with E-state index in [1.165, 1.54) is 0 Å². The van der Waals surface area contributed by atoms with Gasteiger partial charge in [-0.05, 0) is 25.2 Å². The van der Waals surface area contributed by atoms with E-state index in [0.29, 0.717) is 19.4 Å². The Balaban J connectivity index is 2.07. The summed E-state index contributed by atoms with van der Waals surface area (Å²) in [5, 5.41) is 11.3.